The maximum atomic E-state index is 13.2. The van der Waals surface area contributed by atoms with Crippen LogP contribution in [-0.2, 0) is 25.8 Å². The second-order valence-corrected chi connectivity index (χ2v) is 9.56. The van der Waals surface area contributed by atoms with Crippen molar-refractivity contribution in [3.63, 3.8) is 0 Å². The van der Waals surface area contributed by atoms with Crippen LogP contribution in [0, 0.1) is 5.92 Å². The van der Waals surface area contributed by atoms with Crippen molar-refractivity contribution >= 4 is 17.5 Å². The van der Waals surface area contributed by atoms with Gasteiger partial charge >= 0.3 is 0 Å². The predicted molar refractivity (Wildman–Crippen MR) is 121 cm³/mol. The lowest BCUT2D eigenvalue weighted by Gasteiger charge is -2.25. The zero-order valence-electron chi connectivity index (χ0n) is 18.2. The van der Waals surface area contributed by atoms with Crippen molar-refractivity contribution in [3.8, 4) is 0 Å². The maximum Gasteiger partial charge on any atom is 0.274 e. The van der Waals surface area contributed by atoms with Gasteiger partial charge in [0.15, 0.2) is 5.69 Å². The zero-order chi connectivity index (χ0) is 21.1. The Labute approximate surface area is 184 Å². The summed E-state index contributed by atoms with van der Waals surface area (Å²) in [6.07, 6.45) is 6.16. The van der Waals surface area contributed by atoms with Crippen LogP contribution in [0.1, 0.15) is 60.4 Å². The van der Waals surface area contributed by atoms with Crippen LogP contribution < -0.4 is 5.32 Å². The Bertz CT molecular complexity index is 868. The standard InChI is InChI=1S/C24H33ClN4O/c1-17(2)16-29-22-10-9-20(26-12-11-18-5-7-19(25)8-6-18)15-21(22)23(27-29)24(30)28-13-3-4-14-28/h5-8,17,20,26H,3-4,9-16H2,1-2H3. The first-order valence-electron chi connectivity index (χ1n) is 11.4. The summed E-state index contributed by atoms with van der Waals surface area (Å²) in [6, 6.07) is 8.47. The van der Waals surface area contributed by atoms with Gasteiger partial charge in [0, 0.05) is 42.0 Å². The van der Waals surface area contributed by atoms with Gasteiger partial charge in [-0.25, -0.2) is 0 Å². The number of likely N-dealkylation sites (tertiary alicyclic amines) is 1. The van der Waals surface area contributed by atoms with Crippen molar-refractivity contribution in [2.45, 2.75) is 65.0 Å². The number of carbonyl (C=O) groups is 1. The highest BCUT2D eigenvalue weighted by Gasteiger charge is 2.31. The molecule has 0 bridgehead atoms. The molecule has 1 fully saturated rings. The van der Waals surface area contributed by atoms with Crippen LogP contribution in [0.25, 0.3) is 0 Å². The van der Waals surface area contributed by atoms with Gasteiger partial charge in [0.25, 0.3) is 5.91 Å². The predicted octanol–water partition coefficient (Wildman–Crippen LogP) is 4.12. The highest BCUT2D eigenvalue weighted by molar-refractivity contribution is 6.30. The van der Waals surface area contributed by atoms with E-state index in [1.165, 1.54) is 16.8 Å². The van der Waals surface area contributed by atoms with E-state index in [4.69, 9.17) is 16.7 Å². The number of benzene rings is 1. The first kappa shape index (κ1) is 21.4. The number of carbonyl (C=O) groups excluding carboxylic acids is 1. The van der Waals surface area contributed by atoms with E-state index in [0.29, 0.717) is 17.7 Å². The first-order valence-corrected chi connectivity index (χ1v) is 11.7. The lowest BCUT2D eigenvalue weighted by molar-refractivity contribution is 0.0784. The quantitative estimate of drug-likeness (QED) is 0.721. The average molecular weight is 429 g/mol. The van der Waals surface area contributed by atoms with E-state index in [2.05, 4.69) is 36.0 Å². The molecule has 1 aliphatic heterocycles. The number of halogens is 1. The molecule has 4 rings (SSSR count). The maximum absolute atomic E-state index is 13.2. The highest BCUT2D eigenvalue weighted by atomic mass is 35.5. The molecule has 1 aromatic heterocycles. The van der Waals surface area contributed by atoms with Crippen LogP contribution in [0.3, 0.4) is 0 Å². The molecule has 1 atom stereocenters. The number of fused-ring (bicyclic) bond motifs is 1. The number of amides is 1. The fraction of sp³-hybridized carbons (Fsp3) is 0.583. The number of aromatic nitrogens is 2. The van der Waals surface area contributed by atoms with Crippen LogP contribution in [0.4, 0.5) is 0 Å². The SMILES string of the molecule is CC(C)Cn1nc(C(=O)N2CCCC2)c2c1CCC(NCCc1ccc(Cl)cc1)C2. The van der Waals surface area contributed by atoms with E-state index in [-0.39, 0.29) is 5.91 Å². The molecule has 1 N–H and O–H groups in total. The third-order valence-electron chi connectivity index (χ3n) is 6.24. The molecule has 1 aliphatic carbocycles. The summed E-state index contributed by atoms with van der Waals surface area (Å²) < 4.78 is 2.12. The topological polar surface area (TPSA) is 50.2 Å². The summed E-state index contributed by atoms with van der Waals surface area (Å²) in [4.78, 5) is 15.2. The molecule has 1 saturated heterocycles. The van der Waals surface area contributed by atoms with Crippen molar-refractivity contribution in [2.75, 3.05) is 19.6 Å². The molecule has 0 spiro atoms. The van der Waals surface area contributed by atoms with Gasteiger partial charge in [-0.3, -0.25) is 9.48 Å². The molecule has 2 aromatic rings. The van der Waals surface area contributed by atoms with E-state index in [9.17, 15) is 4.79 Å². The van der Waals surface area contributed by atoms with E-state index < -0.39 is 0 Å². The Hall–Kier alpha value is -1.85. The molecule has 0 saturated carbocycles. The molecule has 1 aromatic carbocycles. The van der Waals surface area contributed by atoms with Crippen LogP contribution in [-0.4, -0.2) is 46.3 Å². The minimum Gasteiger partial charge on any atom is -0.337 e. The van der Waals surface area contributed by atoms with Crippen LogP contribution in [0.5, 0.6) is 0 Å². The molecule has 30 heavy (non-hydrogen) atoms. The van der Waals surface area contributed by atoms with Crippen molar-refractivity contribution in [1.29, 1.82) is 0 Å². The van der Waals surface area contributed by atoms with Gasteiger partial charge in [-0.2, -0.15) is 5.10 Å². The summed E-state index contributed by atoms with van der Waals surface area (Å²) in [5.74, 6) is 0.645. The van der Waals surface area contributed by atoms with E-state index in [0.717, 1.165) is 69.7 Å². The van der Waals surface area contributed by atoms with Gasteiger partial charge < -0.3 is 10.2 Å². The minimum atomic E-state index is 0.132. The average Bonchev–Trinajstić information content (AvgIpc) is 3.37. The number of nitrogens with one attached hydrogen (secondary N) is 1. The Balaban J connectivity index is 1.45. The van der Waals surface area contributed by atoms with Crippen LogP contribution in [0.2, 0.25) is 5.02 Å². The molecular formula is C24H33ClN4O. The van der Waals surface area contributed by atoms with E-state index in [1.807, 2.05) is 17.0 Å². The lowest BCUT2D eigenvalue weighted by atomic mass is 9.90. The third kappa shape index (κ3) is 4.89. The Morgan fingerprint density at radius 1 is 1.23 bits per heavy atom. The van der Waals surface area contributed by atoms with Gasteiger partial charge in [0.1, 0.15) is 0 Å². The fourth-order valence-electron chi connectivity index (χ4n) is 4.67. The highest BCUT2D eigenvalue weighted by Crippen LogP contribution is 2.27. The molecule has 1 amide bonds. The zero-order valence-corrected chi connectivity index (χ0v) is 18.9. The van der Waals surface area contributed by atoms with E-state index >= 15 is 0 Å². The van der Waals surface area contributed by atoms with Gasteiger partial charge in [0.2, 0.25) is 0 Å². The summed E-state index contributed by atoms with van der Waals surface area (Å²) in [5.41, 5.74) is 4.46. The summed E-state index contributed by atoms with van der Waals surface area (Å²) in [6.45, 7) is 7.96. The third-order valence-corrected chi connectivity index (χ3v) is 6.49. The van der Waals surface area contributed by atoms with Gasteiger partial charge in [-0.05, 0) is 68.7 Å². The monoisotopic (exact) mass is 428 g/mol. The van der Waals surface area contributed by atoms with Crippen LogP contribution in [0.15, 0.2) is 24.3 Å². The van der Waals surface area contributed by atoms with Crippen molar-refractivity contribution < 1.29 is 4.79 Å². The number of hydrogen-bond acceptors (Lipinski definition) is 3. The van der Waals surface area contributed by atoms with Gasteiger partial charge in [-0.1, -0.05) is 37.6 Å². The summed E-state index contributed by atoms with van der Waals surface area (Å²) in [5, 5.41) is 9.33. The summed E-state index contributed by atoms with van der Waals surface area (Å²) in [7, 11) is 0. The van der Waals surface area contributed by atoms with Crippen molar-refractivity contribution in [1.82, 2.24) is 20.0 Å². The van der Waals surface area contributed by atoms with Gasteiger partial charge in [-0.15, -0.1) is 0 Å². The molecule has 2 aliphatic rings. The molecular weight excluding hydrogens is 396 g/mol. The molecule has 2 heterocycles. The Morgan fingerprint density at radius 3 is 2.67 bits per heavy atom. The molecule has 6 heteroatoms. The fourth-order valence-corrected chi connectivity index (χ4v) is 4.80. The Morgan fingerprint density at radius 2 is 1.97 bits per heavy atom. The largest absolute Gasteiger partial charge is 0.337 e. The second-order valence-electron chi connectivity index (χ2n) is 9.12. The molecule has 5 nitrogen and oxygen atoms in total. The second kappa shape index (κ2) is 9.52. The normalized spacial score (nSPS) is 18.8. The molecule has 1 unspecified atom stereocenters. The number of nitrogens with zero attached hydrogens (tertiary/aromatic N) is 3. The smallest absolute Gasteiger partial charge is 0.274 e. The number of hydrogen-bond donors (Lipinski definition) is 1. The molecule has 0 radical (unpaired) electrons. The van der Waals surface area contributed by atoms with Crippen LogP contribution >= 0.6 is 11.6 Å². The summed E-state index contributed by atoms with van der Waals surface area (Å²) >= 11 is 5.98. The van der Waals surface area contributed by atoms with Crippen molar-refractivity contribution in [2.24, 2.45) is 5.92 Å². The number of rotatable bonds is 7. The van der Waals surface area contributed by atoms with E-state index in [1.54, 1.807) is 0 Å². The minimum absolute atomic E-state index is 0.132. The first-order chi connectivity index (χ1) is 14.5. The Kier molecular flexibility index (Phi) is 6.79. The van der Waals surface area contributed by atoms with Gasteiger partial charge in [0.05, 0.1) is 0 Å². The molecule has 162 valence electrons. The van der Waals surface area contributed by atoms with Crippen molar-refractivity contribution in [3.05, 3.63) is 51.8 Å². The lowest BCUT2D eigenvalue weighted by Crippen LogP contribution is -2.37.